The highest BCUT2D eigenvalue weighted by molar-refractivity contribution is 7.06. The maximum absolute atomic E-state index is 14.1. The molecule has 1 amide bonds. The van der Waals surface area contributed by atoms with Crippen molar-refractivity contribution >= 4 is 29.6 Å². The molecular weight excluding hydrogens is 500 g/mol. The molecule has 4 rings (SSSR count). The lowest BCUT2D eigenvalue weighted by Crippen LogP contribution is -2.28. The van der Waals surface area contributed by atoms with Crippen LogP contribution in [0.5, 0.6) is 0 Å². The Morgan fingerprint density at radius 1 is 1.17 bits per heavy atom. The van der Waals surface area contributed by atoms with E-state index in [0.29, 0.717) is 18.9 Å². The van der Waals surface area contributed by atoms with Crippen LogP contribution >= 0.6 is 11.5 Å². The van der Waals surface area contributed by atoms with Gasteiger partial charge >= 0.3 is 6.18 Å². The summed E-state index contributed by atoms with van der Waals surface area (Å²) in [4.78, 5) is 21.9. The summed E-state index contributed by atoms with van der Waals surface area (Å²) >= 11 is 1.26. The van der Waals surface area contributed by atoms with Gasteiger partial charge in [0.2, 0.25) is 5.91 Å². The molecule has 0 aliphatic heterocycles. The average molecular weight is 525 g/mol. The van der Waals surface area contributed by atoms with Gasteiger partial charge in [-0.25, -0.2) is 8.76 Å². The standard InChI is InChI=1S/C24H22F4N2O2S.CH2O2/c25-20-11-18(24(26,27)28)8-9-21(20)30-23(32)17-3-1-2-16(10-17)14-4-6-15(7-5-14)19-12-29-33-22(19)13-31;2-1-3/h4-9,11-12,16-17,31H,1-3,10,13H2,(H,30,32);1H,(H,2,3). The molecule has 6 nitrogen and oxygen atoms in total. The smallest absolute Gasteiger partial charge is 0.416 e. The monoisotopic (exact) mass is 524 g/mol. The third-order valence-electron chi connectivity index (χ3n) is 6.08. The fraction of sp³-hybridized carbons (Fsp3) is 0.320. The van der Waals surface area contributed by atoms with Gasteiger partial charge in [0, 0.05) is 17.7 Å². The highest BCUT2D eigenvalue weighted by Crippen LogP contribution is 2.38. The third kappa shape index (κ3) is 6.67. The molecule has 1 aromatic heterocycles. The summed E-state index contributed by atoms with van der Waals surface area (Å²) in [7, 11) is 0. The van der Waals surface area contributed by atoms with Crippen LogP contribution in [0, 0.1) is 11.7 Å². The number of carbonyl (C=O) groups is 2. The van der Waals surface area contributed by atoms with Crippen LogP contribution in [0.2, 0.25) is 0 Å². The van der Waals surface area contributed by atoms with Gasteiger partial charge in [-0.15, -0.1) is 0 Å². The molecule has 2 unspecified atom stereocenters. The van der Waals surface area contributed by atoms with Crippen LogP contribution in [-0.2, 0) is 22.4 Å². The number of nitrogens with one attached hydrogen (secondary N) is 1. The number of benzene rings is 2. The lowest BCUT2D eigenvalue weighted by molar-refractivity contribution is -0.137. The zero-order valence-electron chi connectivity index (χ0n) is 19.0. The second-order valence-electron chi connectivity index (χ2n) is 8.29. The number of halogens is 4. The summed E-state index contributed by atoms with van der Waals surface area (Å²) in [6, 6.07) is 10.1. The summed E-state index contributed by atoms with van der Waals surface area (Å²) in [6.07, 6.45) is 0.0446. The van der Waals surface area contributed by atoms with Crippen LogP contribution in [0.4, 0.5) is 23.2 Å². The number of aliphatic hydroxyl groups is 1. The lowest BCUT2D eigenvalue weighted by atomic mass is 9.77. The second kappa shape index (κ2) is 12.1. The first kappa shape index (κ1) is 27.3. The van der Waals surface area contributed by atoms with E-state index in [1.54, 1.807) is 6.20 Å². The van der Waals surface area contributed by atoms with Crippen molar-refractivity contribution in [2.24, 2.45) is 5.92 Å². The lowest BCUT2D eigenvalue weighted by Gasteiger charge is -2.29. The van der Waals surface area contributed by atoms with Crippen LogP contribution < -0.4 is 5.32 Å². The molecule has 0 radical (unpaired) electrons. The Bertz CT molecular complexity index is 1180. The van der Waals surface area contributed by atoms with Crippen molar-refractivity contribution in [3.63, 3.8) is 0 Å². The fourth-order valence-corrected chi connectivity index (χ4v) is 4.92. The molecule has 2 atom stereocenters. The predicted octanol–water partition coefficient (Wildman–Crippen LogP) is 6.07. The van der Waals surface area contributed by atoms with E-state index in [9.17, 15) is 27.5 Å². The number of alkyl halides is 3. The van der Waals surface area contributed by atoms with Crippen molar-refractivity contribution in [1.29, 1.82) is 0 Å². The van der Waals surface area contributed by atoms with Crippen molar-refractivity contribution in [2.45, 2.75) is 44.4 Å². The number of carbonyl (C=O) groups excluding carboxylic acids is 1. The van der Waals surface area contributed by atoms with Crippen LogP contribution in [0.3, 0.4) is 0 Å². The van der Waals surface area contributed by atoms with Crippen LogP contribution in [0.15, 0.2) is 48.7 Å². The number of rotatable bonds is 5. The minimum absolute atomic E-state index is 0.0688. The molecule has 1 aliphatic carbocycles. The van der Waals surface area contributed by atoms with Crippen LogP contribution in [0.25, 0.3) is 11.1 Å². The third-order valence-corrected chi connectivity index (χ3v) is 6.86. The summed E-state index contributed by atoms with van der Waals surface area (Å²) in [5.41, 5.74) is 1.60. The van der Waals surface area contributed by atoms with Gasteiger partial charge in [-0.05, 0) is 66.0 Å². The SMILES string of the molecule is O=C(Nc1ccc(C(F)(F)F)cc1F)C1CCCC(c2ccc(-c3cnsc3CO)cc2)C1.O=CO. The first-order valence-electron chi connectivity index (χ1n) is 11.1. The molecule has 3 N–H and O–H groups in total. The Kier molecular flexibility index (Phi) is 9.16. The highest BCUT2D eigenvalue weighted by Gasteiger charge is 2.32. The molecule has 0 spiro atoms. The Hall–Kier alpha value is -3.31. The Balaban J connectivity index is 0.00000115. The summed E-state index contributed by atoms with van der Waals surface area (Å²) in [5.74, 6) is -1.69. The normalized spacial score (nSPS) is 17.6. The Morgan fingerprint density at radius 3 is 2.47 bits per heavy atom. The van der Waals surface area contributed by atoms with Crippen LogP contribution in [0.1, 0.15) is 47.6 Å². The molecule has 1 heterocycles. The number of aliphatic hydroxyl groups excluding tert-OH is 1. The molecule has 0 saturated heterocycles. The number of anilines is 1. The molecule has 1 saturated carbocycles. The van der Waals surface area contributed by atoms with Gasteiger partial charge < -0.3 is 15.5 Å². The first-order chi connectivity index (χ1) is 17.2. The van der Waals surface area contributed by atoms with Gasteiger partial charge in [0.1, 0.15) is 5.82 Å². The van der Waals surface area contributed by atoms with Crippen molar-refractivity contribution < 1.29 is 37.4 Å². The van der Waals surface area contributed by atoms with Gasteiger partial charge in [0.05, 0.1) is 22.7 Å². The summed E-state index contributed by atoms with van der Waals surface area (Å²) < 4.78 is 56.4. The van der Waals surface area contributed by atoms with Crippen molar-refractivity contribution in [2.75, 3.05) is 5.32 Å². The van der Waals surface area contributed by atoms with E-state index in [1.165, 1.54) is 11.5 Å². The molecule has 2 aromatic carbocycles. The quantitative estimate of drug-likeness (QED) is 0.278. The molecule has 3 aromatic rings. The van der Waals surface area contributed by atoms with Gasteiger partial charge in [0.15, 0.2) is 0 Å². The highest BCUT2D eigenvalue weighted by atomic mass is 32.1. The van der Waals surface area contributed by atoms with E-state index in [4.69, 9.17) is 9.90 Å². The number of nitrogens with zero attached hydrogens (tertiary/aromatic N) is 1. The van der Waals surface area contributed by atoms with E-state index in [1.807, 2.05) is 24.3 Å². The molecule has 0 bridgehead atoms. The number of hydrogen-bond acceptors (Lipinski definition) is 5. The maximum Gasteiger partial charge on any atom is 0.416 e. The fourth-order valence-electron chi connectivity index (χ4n) is 4.31. The predicted molar refractivity (Wildman–Crippen MR) is 127 cm³/mol. The average Bonchev–Trinajstić information content (AvgIpc) is 3.34. The van der Waals surface area contributed by atoms with Gasteiger partial charge in [-0.2, -0.15) is 13.2 Å². The molecule has 36 heavy (non-hydrogen) atoms. The van der Waals surface area contributed by atoms with Gasteiger partial charge in [-0.3, -0.25) is 9.59 Å². The minimum atomic E-state index is -4.64. The number of aromatic nitrogens is 1. The Labute approximate surface area is 208 Å². The zero-order valence-corrected chi connectivity index (χ0v) is 19.8. The van der Waals surface area contributed by atoms with E-state index in [-0.39, 0.29) is 36.5 Å². The minimum Gasteiger partial charge on any atom is -0.483 e. The molecular formula is C25H24F4N2O4S. The van der Waals surface area contributed by atoms with E-state index in [0.717, 1.165) is 46.5 Å². The van der Waals surface area contributed by atoms with E-state index >= 15 is 0 Å². The number of hydrogen-bond donors (Lipinski definition) is 3. The van der Waals surface area contributed by atoms with E-state index in [2.05, 4.69) is 9.69 Å². The van der Waals surface area contributed by atoms with Crippen LogP contribution in [-0.4, -0.2) is 27.0 Å². The van der Waals surface area contributed by atoms with Crippen molar-refractivity contribution in [3.05, 3.63) is 70.5 Å². The number of carboxylic acid groups (broad SMARTS) is 1. The molecule has 192 valence electrons. The largest absolute Gasteiger partial charge is 0.483 e. The van der Waals surface area contributed by atoms with E-state index < -0.39 is 17.6 Å². The van der Waals surface area contributed by atoms with Gasteiger partial charge in [0.25, 0.3) is 6.47 Å². The molecule has 11 heteroatoms. The second-order valence-corrected chi connectivity index (χ2v) is 9.18. The Morgan fingerprint density at radius 2 is 1.86 bits per heavy atom. The summed E-state index contributed by atoms with van der Waals surface area (Å²) in [6.45, 7) is -0.319. The van der Waals surface area contributed by atoms with Gasteiger partial charge in [-0.1, -0.05) is 30.7 Å². The zero-order chi connectivity index (χ0) is 26.3. The number of amides is 1. The summed E-state index contributed by atoms with van der Waals surface area (Å²) in [5, 5.41) is 18.8. The maximum atomic E-state index is 14.1. The first-order valence-corrected chi connectivity index (χ1v) is 11.9. The van der Waals surface area contributed by atoms with Crippen molar-refractivity contribution in [1.82, 2.24) is 4.37 Å². The molecule has 1 aliphatic rings. The topological polar surface area (TPSA) is 99.5 Å². The molecule has 1 fully saturated rings. The van der Waals surface area contributed by atoms with Crippen molar-refractivity contribution in [3.8, 4) is 11.1 Å².